The zero-order valence-electron chi connectivity index (χ0n) is 6.54. The summed E-state index contributed by atoms with van der Waals surface area (Å²) in [6.07, 6.45) is 1.34. The molecule has 0 atom stereocenters. The van der Waals surface area contributed by atoms with Crippen molar-refractivity contribution in [2.75, 3.05) is 5.73 Å². The molecule has 2 heterocycles. The van der Waals surface area contributed by atoms with Gasteiger partial charge in [0, 0.05) is 0 Å². The number of aromatic nitrogens is 2. The molecule has 6 nitrogen and oxygen atoms in total. The summed E-state index contributed by atoms with van der Waals surface area (Å²) in [7, 11) is 0. The van der Waals surface area contributed by atoms with Gasteiger partial charge in [0.2, 0.25) is 6.33 Å². The second-order valence-electron chi connectivity index (χ2n) is 2.53. The van der Waals surface area contributed by atoms with Crippen LogP contribution in [0.15, 0.2) is 24.5 Å². The SMILES string of the molecule is Nc1cccc2c([N+](=O)[O-])ncn12. The molecule has 0 aliphatic heterocycles. The van der Waals surface area contributed by atoms with Crippen molar-refractivity contribution in [3.8, 4) is 0 Å². The van der Waals surface area contributed by atoms with Gasteiger partial charge in [0.05, 0.1) is 0 Å². The highest BCUT2D eigenvalue weighted by Gasteiger charge is 2.15. The van der Waals surface area contributed by atoms with Gasteiger partial charge in [0.25, 0.3) is 0 Å². The molecular weight excluding hydrogens is 172 g/mol. The number of nitro groups is 1. The second-order valence-corrected chi connectivity index (χ2v) is 2.53. The Morgan fingerprint density at radius 2 is 2.31 bits per heavy atom. The first-order valence-electron chi connectivity index (χ1n) is 3.56. The van der Waals surface area contributed by atoms with Crippen LogP contribution in [-0.2, 0) is 0 Å². The number of pyridine rings is 1. The lowest BCUT2D eigenvalue weighted by Gasteiger charge is -1.95. The number of nitrogen functional groups attached to an aromatic ring is 1. The van der Waals surface area contributed by atoms with Crippen molar-refractivity contribution in [2.24, 2.45) is 0 Å². The lowest BCUT2D eigenvalue weighted by atomic mass is 10.4. The van der Waals surface area contributed by atoms with Crippen LogP contribution < -0.4 is 5.73 Å². The predicted octanol–water partition coefficient (Wildman–Crippen LogP) is 0.825. The molecule has 2 aromatic rings. The Balaban J connectivity index is 2.83. The molecule has 0 radical (unpaired) electrons. The monoisotopic (exact) mass is 178 g/mol. The fourth-order valence-electron chi connectivity index (χ4n) is 1.17. The molecule has 0 aromatic carbocycles. The van der Waals surface area contributed by atoms with E-state index in [1.165, 1.54) is 10.7 Å². The molecule has 6 heteroatoms. The lowest BCUT2D eigenvalue weighted by Crippen LogP contribution is -1.94. The number of hydrogen-bond donors (Lipinski definition) is 1. The number of hydrogen-bond acceptors (Lipinski definition) is 4. The third kappa shape index (κ3) is 0.994. The van der Waals surface area contributed by atoms with Crippen molar-refractivity contribution in [1.29, 1.82) is 0 Å². The summed E-state index contributed by atoms with van der Waals surface area (Å²) in [6.45, 7) is 0. The number of fused-ring (bicyclic) bond motifs is 1. The van der Waals surface area contributed by atoms with E-state index in [-0.39, 0.29) is 5.82 Å². The molecule has 13 heavy (non-hydrogen) atoms. The highest BCUT2D eigenvalue weighted by atomic mass is 16.6. The van der Waals surface area contributed by atoms with E-state index in [0.717, 1.165) is 0 Å². The zero-order valence-corrected chi connectivity index (χ0v) is 6.54. The smallest absolute Gasteiger partial charge is 0.385 e. The van der Waals surface area contributed by atoms with Gasteiger partial charge in [-0.15, -0.1) is 0 Å². The van der Waals surface area contributed by atoms with E-state index in [4.69, 9.17) is 5.73 Å². The fraction of sp³-hybridized carbons (Fsp3) is 0. The maximum absolute atomic E-state index is 10.5. The van der Waals surface area contributed by atoms with Gasteiger partial charge in [-0.1, -0.05) is 6.07 Å². The maximum Gasteiger partial charge on any atom is 0.389 e. The van der Waals surface area contributed by atoms with Crippen LogP contribution in [0.5, 0.6) is 0 Å². The molecule has 0 aliphatic carbocycles. The van der Waals surface area contributed by atoms with Gasteiger partial charge in [-0.05, 0) is 22.0 Å². The normalized spacial score (nSPS) is 10.5. The topological polar surface area (TPSA) is 86.5 Å². The van der Waals surface area contributed by atoms with Gasteiger partial charge in [-0.2, -0.15) is 0 Å². The first-order valence-corrected chi connectivity index (χ1v) is 3.56. The minimum atomic E-state index is -0.533. The maximum atomic E-state index is 10.5. The number of anilines is 1. The molecular formula is C7H6N4O2. The van der Waals surface area contributed by atoms with Crippen molar-refractivity contribution in [3.63, 3.8) is 0 Å². The van der Waals surface area contributed by atoms with E-state index in [2.05, 4.69) is 4.98 Å². The number of nitrogens with zero attached hydrogens (tertiary/aromatic N) is 3. The highest BCUT2D eigenvalue weighted by Crippen LogP contribution is 2.19. The first kappa shape index (κ1) is 7.53. The van der Waals surface area contributed by atoms with Gasteiger partial charge < -0.3 is 15.8 Å². The van der Waals surface area contributed by atoms with Gasteiger partial charge in [0.15, 0.2) is 0 Å². The molecule has 0 bridgehead atoms. The standard InChI is InChI=1S/C7H6N4O2/c8-6-3-1-2-5-7(11(12)13)9-4-10(5)6/h1-4H,8H2. The van der Waals surface area contributed by atoms with Crippen LogP contribution in [0.1, 0.15) is 0 Å². The Morgan fingerprint density at radius 1 is 1.54 bits per heavy atom. The average molecular weight is 178 g/mol. The molecule has 0 unspecified atom stereocenters. The van der Waals surface area contributed by atoms with Gasteiger partial charge in [-0.25, -0.2) is 0 Å². The molecule has 2 N–H and O–H groups in total. The van der Waals surface area contributed by atoms with Crippen molar-refractivity contribution in [2.45, 2.75) is 0 Å². The lowest BCUT2D eigenvalue weighted by molar-refractivity contribution is -0.387. The van der Waals surface area contributed by atoms with Crippen LogP contribution in [0, 0.1) is 10.1 Å². The Bertz CT molecular complexity index is 476. The molecule has 0 spiro atoms. The molecule has 0 amide bonds. The highest BCUT2D eigenvalue weighted by molar-refractivity contribution is 5.64. The molecule has 0 fully saturated rings. The fourth-order valence-corrected chi connectivity index (χ4v) is 1.17. The number of rotatable bonds is 1. The minimum Gasteiger partial charge on any atom is -0.385 e. The molecule has 2 aromatic heterocycles. The summed E-state index contributed by atoms with van der Waals surface area (Å²) < 4.78 is 1.47. The van der Waals surface area contributed by atoms with Crippen LogP contribution in [0.3, 0.4) is 0 Å². The van der Waals surface area contributed by atoms with E-state index in [1.807, 2.05) is 0 Å². The number of nitrogens with two attached hydrogens (primary N) is 1. The summed E-state index contributed by atoms with van der Waals surface area (Å²) >= 11 is 0. The summed E-state index contributed by atoms with van der Waals surface area (Å²) in [5.41, 5.74) is 5.98. The van der Waals surface area contributed by atoms with Crippen molar-refractivity contribution in [1.82, 2.24) is 9.38 Å². The van der Waals surface area contributed by atoms with Crippen LogP contribution >= 0.6 is 0 Å². The molecule has 2 rings (SSSR count). The van der Waals surface area contributed by atoms with Crippen LogP contribution in [0.25, 0.3) is 5.52 Å². The first-order chi connectivity index (χ1) is 6.20. The van der Waals surface area contributed by atoms with Gasteiger partial charge in [-0.3, -0.25) is 4.40 Å². The second kappa shape index (κ2) is 2.44. The molecule has 0 saturated heterocycles. The van der Waals surface area contributed by atoms with E-state index in [9.17, 15) is 10.1 Å². The third-order valence-corrected chi connectivity index (χ3v) is 1.76. The largest absolute Gasteiger partial charge is 0.389 e. The quantitative estimate of drug-likeness (QED) is 0.517. The van der Waals surface area contributed by atoms with Crippen LogP contribution in [-0.4, -0.2) is 14.3 Å². The van der Waals surface area contributed by atoms with Crippen molar-refractivity contribution < 1.29 is 4.92 Å². The zero-order chi connectivity index (χ0) is 9.42. The summed E-state index contributed by atoms with van der Waals surface area (Å²) in [5, 5.41) is 10.5. The molecule has 0 aliphatic rings. The van der Waals surface area contributed by atoms with E-state index < -0.39 is 4.92 Å². The Kier molecular flexibility index (Phi) is 1.42. The summed E-state index contributed by atoms with van der Waals surface area (Å²) in [6, 6.07) is 4.90. The van der Waals surface area contributed by atoms with Crippen LogP contribution in [0.2, 0.25) is 0 Å². The van der Waals surface area contributed by atoms with Gasteiger partial charge in [0.1, 0.15) is 11.3 Å². The van der Waals surface area contributed by atoms with Crippen molar-refractivity contribution in [3.05, 3.63) is 34.6 Å². The van der Waals surface area contributed by atoms with E-state index in [0.29, 0.717) is 11.3 Å². The van der Waals surface area contributed by atoms with Gasteiger partial charge >= 0.3 is 5.82 Å². The Labute approximate surface area is 72.8 Å². The van der Waals surface area contributed by atoms with E-state index in [1.54, 1.807) is 18.2 Å². The summed E-state index contributed by atoms with van der Waals surface area (Å²) in [4.78, 5) is 13.6. The molecule has 0 saturated carbocycles. The summed E-state index contributed by atoms with van der Waals surface area (Å²) in [5.74, 6) is 0.255. The molecule has 66 valence electrons. The van der Waals surface area contributed by atoms with E-state index >= 15 is 0 Å². The van der Waals surface area contributed by atoms with Crippen molar-refractivity contribution >= 4 is 17.2 Å². The average Bonchev–Trinajstić information content (AvgIpc) is 2.48. The Hall–Kier alpha value is -2.11. The minimum absolute atomic E-state index is 0.174. The Morgan fingerprint density at radius 3 is 3.00 bits per heavy atom. The number of imidazole rings is 1. The third-order valence-electron chi connectivity index (χ3n) is 1.76. The van der Waals surface area contributed by atoms with Crippen LogP contribution in [0.4, 0.5) is 11.6 Å². The predicted molar refractivity (Wildman–Crippen MR) is 46.3 cm³/mol.